The number of hydrogen-bond acceptors (Lipinski definition) is 1. The maximum Gasteiger partial charge on any atom is 0.127 e. The van der Waals surface area contributed by atoms with Gasteiger partial charge in [0.15, 0.2) is 0 Å². The maximum atomic E-state index is 17.0. The number of anilines is 3. The van der Waals surface area contributed by atoms with Gasteiger partial charge in [-0.2, -0.15) is 0 Å². The predicted octanol–water partition coefficient (Wildman–Crippen LogP) is 14.4. The van der Waals surface area contributed by atoms with Crippen LogP contribution < -0.4 is 4.90 Å². The quantitative estimate of drug-likeness (QED) is 0.163. The fraction of sp³-hybridized carbons (Fsp3) is 0.185. The van der Waals surface area contributed by atoms with Crippen LogP contribution in [0.25, 0.3) is 60.2 Å². The van der Waals surface area contributed by atoms with Crippen LogP contribution in [0.15, 0.2) is 164 Å². The summed E-state index contributed by atoms with van der Waals surface area (Å²) in [6.45, 7) is 0. The van der Waals surface area contributed by atoms with Gasteiger partial charge in [0.1, 0.15) is 5.82 Å². The molecule has 4 saturated carbocycles. The molecular weight excluding hydrogens is 696 g/mol. The Kier molecular flexibility index (Phi) is 6.55. The fourth-order valence-electron chi connectivity index (χ4n) is 13.1. The summed E-state index contributed by atoms with van der Waals surface area (Å²) < 4.78 is 19.4. The molecule has 2 nitrogen and oxygen atoms in total. The van der Waals surface area contributed by atoms with Gasteiger partial charge in [-0.1, -0.05) is 115 Å². The minimum atomic E-state index is -0.300. The second-order valence-corrected chi connectivity index (χ2v) is 17.4. The van der Waals surface area contributed by atoms with E-state index in [0.717, 1.165) is 51.2 Å². The molecule has 0 N–H and O–H groups in total. The third-order valence-corrected chi connectivity index (χ3v) is 14.8. The number of nitrogens with zero attached hydrogens (tertiary/aromatic N) is 2. The first-order chi connectivity index (χ1) is 28.2. The van der Waals surface area contributed by atoms with Gasteiger partial charge in [0.25, 0.3) is 0 Å². The van der Waals surface area contributed by atoms with E-state index in [4.69, 9.17) is 0 Å². The highest BCUT2D eigenvalue weighted by molar-refractivity contribution is 6.20. The van der Waals surface area contributed by atoms with E-state index in [9.17, 15) is 0 Å². The smallest absolute Gasteiger partial charge is 0.127 e. The molecule has 1 heterocycles. The van der Waals surface area contributed by atoms with Gasteiger partial charge in [0.2, 0.25) is 0 Å². The van der Waals surface area contributed by atoms with E-state index in [1.165, 1.54) is 81.1 Å². The Labute approximate surface area is 331 Å². The molecule has 0 saturated heterocycles. The lowest BCUT2D eigenvalue weighted by atomic mass is 9.43. The summed E-state index contributed by atoms with van der Waals surface area (Å²) in [5.74, 6) is 2.45. The molecule has 9 aromatic rings. The van der Waals surface area contributed by atoms with E-state index < -0.39 is 0 Å². The molecule has 0 atom stereocenters. The highest BCUT2D eigenvalue weighted by Crippen LogP contribution is 2.71. The van der Waals surface area contributed by atoms with Crippen LogP contribution in [0.3, 0.4) is 0 Å². The topological polar surface area (TPSA) is 8.17 Å². The van der Waals surface area contributed by atoms with E-state index in [1.807, 2.05) is 6.07 Å². The zero-order valence-electron chi connectivity index (χ0n) is 31.7. The van der Waals surface area contributed by atoms with E-state index in [-0.39, 0.29) is 11.2 Å². The third-order valence-electron chi connectivity index (χ3n) is 14.8. The second-order valence-electron chi connectivity index (χ2n) is 17.4. The molecule has 8 aromatic carbocycles. The molecule has 5 aliphatic carbocycles. The first-order valence-electron chi connectivity index (χ1n) is 20.9. The zero-order valence-corrected chi connectivity index (χ0v) is 31.7. The van der Waals surface area contributed by atoms with Gasteiger partial charge in [-0.15, -0.1) is 0 Å². The average molecular weight is 737 g/mol. The van der Waals surface area contributed by atoms with Crippen LogP contribution in [0.4, 0.5) is 21.5 Å². The number of rotatable bonds is 4. The molecule has 3 heteroatoms. The van der Waals surface area contributed by atoms with Crippen molar-refractivity contribution in [3.8, 4) is 16.8 Å². The Balaban J connectivity index is 1.18. The van der Waals surface area contributed by atoms with Crippen molar-refractivity contribution in [3.05, 3.63) is 181 Å². The van der Waals surface area contributed by atoms with Gasteiger partial charge < -0.3 is 9.47 Å². The lowest BCUT2D eigenvalue weighted by Crippen LogP contribution is -2.55. The highest BCUT2D eigenvalue weighted by atomic mass is 19.1. The Morgan fingerprint density at radius 1 is 0.509 bits per heavy atom. The summed E-state index contributed by atoms with van der Waals surface area (Å²) in [5, 5.41) is 7.28. The number of hydrogen-bond donors (Lipinski definition) is 0. The molecule has 0 radical (unpaired) electrons. The van der Waals surface area contributed by atoms with Crippen molar-refractivity contribution >= 4 is 60.4 Å². The molecule has 274 valence electrons. The van der Waals surface area contributed by atoms with Crippen LogP contribution in [0.5, 0.6) is 0 Å². The van der Waals surface area contributed by atoms with Crippen molar-refractivity contribution in [2.45, 2.75) is 37.5 Å². The SMILES string of the molecule is Fc1cccc2c1C1(c3cccc(N(c4cc5ccccc5c5ccccc45)c4cccc5c4c4ccccc4n5-c4ccccc4)c3-2)C2CC3CC(C2)CC1C3. The van der Waals surface area contributed by atoms with Crippen LogP contribution in [0.1, 0.15) is 43.2 Å². The van der Waals surface area contributed by atoms with Crippen LogP contribution in [-0.2, 0) is 5.41 Å². The summed E-state index contributed by atoms with van der Waals surface area (Å²) in [4.78, 5) is 2.56. The lowest BCUT2D eigenvalue weighted by Gasteiger charge is -2.61. The summed E-state index contributed by atoms with van der Waals surface area (Å²) >= 11 is 0. The molecule has 0 aliphatic heterocycles. The Hall–Kier alpha value is -6.19. The molecule has 1 aromatic heterocycles. The molecule has 4 bridgehead atoms. The minimum absolute atomic E-state index is 0.0298. The molecule has 0 amide bonds. The Morgan fingerprint density at radius 3 is 1.95 bits per heavy atom. The number of aromatic nitrogens is 1. The van der Waals surface area contributed by atoms with E-state index >= 15 is 4.39 Å². The monoisotopic (exact) mass is 736 g/mol. The summed E-state index contributed by atoms with van der Waals surface area (Å²) in [7, 11) is 0. The molecular formula is C54H41FN2. The van der Waals surface area contributed by atoms with E-state index in [2.05, 4.69) is 161 Å². The number of para-hydroxylation sites is 2. The van der Waals surface area contributed by atoms with Crippen molar-refractivity contribution < 1.29 is 4.39 Å². The Bertz CT molecular complexity index is 3090. The molecule has 4 fully saturated rings. The molecule has 5 aliphatic rings. The van der Waals surface area contributed by atoms with Gasteiger partial charge in [0, 0.05) is 38.4 Å². The van der Waals surface area contributed by atoms with Crippen LogP contribution in [0.2, 0.25) is 0 Å². The number of benzene rings is 8. The van der Waals surface area contributed by atoms with Crippen molar-refractivity contribution in [1.29, 1.82) is 0 Å². The third kappa shape index (κ3) is 4.19. The molecule has 1 spiro atoms. The van der Waals surface area contributed by atoms with Crippen LogP contribution in [-0.4, -0.2) is 4.57 Å². The van der Waals surface area contributed by atoms with Crippen molar-refractivity contribution in [2.75, 3.05) is 4.90 Å². The first kappa shape index (κ1) is 32.0. The number of halogens is 1. The number of fused-ring (bicyclic) bond motifs is 9. The summed E-state index contributed by atoms with van der Waals surface area (Å²) in [6.07, 6.45) is 6.20. The van der Waals surface area contributed by atoms with Crippen molar-refractivity contribution in [3.63, 3.8) is 0 Å². The predicted molar refractivity (Wildman–Crippen MR) is 234 cm³/mol. The van der Waals surface area contributed by atoms with Crippen molar-refractivity contribution in [2.24, 2.45) is 23.7 Å². The molecule has 0 unspecified atom stereocenters. The largest absolute Gasteiger partial charge is 0.309 e. The van der Waals surface area contributed by atoms with Gasteiger partial charge in [0.05, 0.1) is 28.1 Å². The van der Waals surface area contributed by atoms with Crippen LogP contribution in [0, 0.1) is 29.5 Å². The zero-order chi connectivity index (χ0) is 37.4. The van der Waals surface area contributed by atoms with Gasteiger partial charge in [-0.05, 0) is 132 Å². The maximum absolute atomic E-state index is 17.0. The minimum Gasteiger partial charge on any atom is -0.309 e. The lowest BCUT2D eigenvalue weighted by molar-refractivity contribution is -0.0412. The second kappa shape index (κ2) is 11.7. The fourth-order valence-corrected chi connectivity index (χ4v) is 13.1. The van der Waals surface area contributed by atoms with Gasteiger partial charge >= 0.3 is 0 Å². The van der Waals surface area contributed by atoms with E-state index in [0.29, 0.717) is 11.8 Å². The summed E-state index contributed by atoms with van der Waals surface area (Å²) in [6, 6.07) is 59.4. The van der Waals surface area contributed by atoms with Gasteiger partial charge in [-0.25, -0.2) is 4.39 Å². The first-order valence-corrected chi connectivity index (χ1v) is 20.9. The standard InChI is InChI=1S/C54H41FN2/c55-45-22-10-20-43-51-44(54(53(43)45)36-28-33-27-34(30-36)31-37(54)29-33)21-11-24-47(51)57(50-32-35-13-4-5-16-39(35)40-17-6-7-18-41(40)50)49-26-12-25-48-52(49)42-19-8-9-23-46(42)56(48)38-14-2-1-3-15-38/h1-26,32-34,36-37H,27-31H2. The Morgan fingerprint density at radius 2 is 1.14 bits per heavy atom. The highest BCUT2D eigenvalue weighted by Gasteiger charge is 2.62. The average Bonchev–Trinajstić information content (AvgIpc) is 3.75. The molecule has 57 heavy (non-hydrogen) atoms. The normalized spacial score (nSPS) is 22.9. The van der Waals surface area contributed by atoms with E-state index in [1.54, 1.807) is 6.07 Å². The van der Waals surface area contributed by atoms with Crippen LogP contribution >= 0.6 is 0 Å². The molecule has 14 rings (SSSR count). The van der Waals surface area contributed by atoms with Gasteiger partial charge in [-0.3, -0.25) is 0 Å². The van der Waals surface area contributed by atoms with Crippen molar-refractivity contribution in [1.82, 2.24) is 4.57 Å². The summed E-state index contributed by atoms with van der Waals surface area (Å²) in [5.41, 5.74) is 11.2.